The second-order valence-electron chi connectivity index (χ2n) is 5.12. The highest BCUT2D eigenvalue weighted by molar-refractivity contribution is 7.85. The minimum Gasteiger partial charge on any atom is -0.368 e. The van der Waals surface area contributed by atoms with Crippen LogP contribution >= 0.6 is 0 Å². The maximum absolute atomic E-state index is 12.1. The van der Waals surface area contributed by atoms with Gasteiger partial charge in [-0.05, 0) is 31.4 Å². The van der Waals surface area contributed by atoms with E-state index in [1.807, 2.05) is 6.07 Å². The number of nitrogens with one attached hydrogen (secondary N) is 1. The van der Waals surface area contributed by atoms with E-state index in [1.165, 1.54) is 0 Å². The summed E-state index contributed by atoms with van der Waals surface area (Å²) in [5.41, 5.74) is 5.32. The third kappa shape index (κ3) is 4.64. The Balaban J connectivity index is 1.87. The number of hydrogen-bond acceptors (Lipinski definition) is 4. The highest BCUT2D eigenvalue weighted by Crippen LogP contribution is 2.13. The topological polar surface area (TPSA) is 98.5 Å². The van der Waals surface area contributed by atoms with Crippen molar-refractivity contribution in [2.75, 3.05) is 12.4 Å². The number of ether oxygens (including phenoxy) is 1. The van der Waals surface area contributed by atoms with Crippen molar-refractivity contribution in [3.8, 4) is 0 Å². The summed E-state index contributed by atoms with van der Waals surface area (Å²) in [7, 11) is -1.23. The molecular weight excluding hydrogens is 304 g/mol. The van der Waals surface area contributed by atoms with Crippen LogP contribution < -0.4 is 11.1 Å². The van der Waals surface area contributed by atoms with Gasteiger partial charge in [-0.1, -0.05) is 18.2 Å². The van der Waals surface area contributed by atoms with E-state index in [1.54, 1.807) is 24.3 Å². The molecule has 120 valence electrons. The van der Waals surface area contributed by atoms with E-state index in [2.05, 4.69) is 5.32 Å². The van der Waals surface area contributed by atoms with Crippen molar-refractivity contribution in [3.63, 3.8) is 0 Å². The molecule has 0 spiro atoms. The van der Waals surface area contributed by atoms with Crippen LogP contribution in [-0.2, 0) is 25.1 Å². The Hall–Kier alpha value is -1.73. The first-order valence-corrected chi connectivity index (χ1v) is 8.54. The van der Waals surface area contributed by atoms with Gasteiger partial charge in [-0.2, -0.15) is 0 Å². The highest BCUT2D eigenvalue weighted by atomic mass is 32.2. The maximum Gasteiger partial charge on any atom is 0.249 e. The van der Waals surface area contributed by atoms with Crippen LogP contribution in [0.1, 0.15) is 19.3 Å². The van der Waals surface area contributed by atoms with Crippen molar-refractivity contribution in [1.82, 2.24) is 5.32 Å². The van der Waals surface area contributed by atoms with Gasteiger partial charge < -0.3 is 15.8 Å². The predicted molar refractivity (Wildman–Crippen MR) is 82.4 cm³/mol. The Bertz CT molecular complexity index is 544. The van der Waals surface area contributed by atoms with Crippen LogP contribution in [0.4, 0.5) is 0 Å². The van der Waals surface area contributed by atoms with Gasteiger partial charge in [0.2, 0.25) is 11.8 Å². The molecule has 2 amide bonds. The van der Waals surface area contributed by atoms with Gasteiger partial charge in [0.25, 0.3) is 0 Å². The van der Waals surface area contributed by atoms with Gasteiger partial charge in [0.1, 0.15) is 12.1 Å². The smallest absolute Gasteiger partial charge is 0.249 e. The van der Waals surface area contributed by atoms with Crippen molar-refractivity contribution in [3.05, 3.63) is 30.3 Å². The van der Waals surface area contributed by atoms with E-state index >= 15 is 0 Å². The molecule has 1 fully saturated rings. The number of amides is 2. The number of primary amides is 1. The molecule has 3 atom stereocenters. The first-order valence-electron chi connectivity index (χ1n) is 7.22. The van der Waals surface area contributed by atoms with Crippen LogP contribution in [0.3, 0.4) is 0 Å². The van der Waals surface area contributed by atoms with Gasteiger partial charge in [-0.25, -0.2) is 0 Å². The molecular formula is C15H20N2O4S. The highest BCUT2D eigenvalue weighted by Gasteiger charge is 2.27. The molecule has 0 aromatic heterocycles. The van der Waals surface area contributed by atoms with Gasteiger partial charge in [0.05, 0.1) is 10.8 Å². The van der Waals surface area contributed by atoms with Crippen LogP contribution in [0, 0.1) is 0 Å². The zero-order valence-corrected chi connectivity index (χ0v) is 13.0. The fourth-order valence-corrected chi connectivity index (χ4v) is 3.40. The van der Waals surface area contributed by atoms with Crippen LogP contribution in [0.25, 0.3) is 0 Å². The predicted octanol–water partition coefficient (Wildman–Crippen LogP) is 0.333. The second-order valence-corrected chi connectivity index (χ2v) is 6.69. The van der Waals surface area contributed by atoms with E-state index in [0.29, 0.717) is 17.9 Å². The molecule has 22 heavy (non-hydrogen) atoms. The summed E-state index contributed by atoms with van der Waals surface area (Å²) < 4.78 is 17.4. The number of hydrogen-bond donors (Lipinski definition) is 2. The van der Waals surface area contributed by atoms with Crippen LogP contribution in [0.15, 0.2) is 35.2 Å². The molecule has 1 aromatic rings. The molecule has 0 bridgehead atoms. The van der Waals surface area contributed by atoms with Crippen molar-refractivity contribution in [2.45, 2.75) is 36.3 Å². The minimum absolute atomic E-state index is 0.231. The van der Waals surface area contributed by atoms with Crippen molar-refractivity contribution < 1.29 is 18.5 Å². The number of carbonyl (C=O) groups excluding carboxylic acids is 2. The number of nitrogens with two attached hydrogens (primary N) is 1. The normalized spacial score (nSPS) is 20.3. The monoisotopic (exact) mass is 324 g/mol. The quantitative estimate of drug-likeness (QED) is 0.755. The molecule has 1 heterocycles. The van der Waals surface area contributed by atoms with Crippen molar-refractivity contribution >= 4 is 22.6 Å². The number of benzene rings is 1. The van der Waals surface area contributed by atoms with E-state index in [9.17, 15) is 13.8 Å². The molecule has 0 aliphatic carbocycles. The lowest BCUT2D eigenvalue weighted by Gasteiger charge is -2.17. The van der Waals surface area contributed by atoms with Crippen LogP contribution in [0.5, 0.6) is 0 Å². The maximum atomic E-state index is 12.1. The lowest BCUT2D eigenvalue weighted by molar-refractivity contribution is -0.133. The molecule has 3 N–H and O–H groups in total. The molecule has 6 nitrogen and oxygen atoms in total. The van der Waals surface area contributed by atoms with Gasteiger partial charge in [0, 0.05) is 17.3 Å². The summed E-state index contributed by atoms with van der Waals surface area (Å²) in [6.45, 7) is 0.553. The Kier molecular flexibility index (Phi) is 6.09. The van der Waals surface area contributed by atoms with E-state index in [0.717, 1.165) is 6.42 Å². The van der Waals surface area contributed by atoms with E-state index < -0.39 is 28.9 Å². The summed E-state index contributed by atoms with van der Waals surface area (Å²) >= 11 is 0. The third-order valence-electron chi connectivity index (χ3n) is 3.48. The zero-order valence-electron chi connectivity index (χ0n) is 12.2. The first-order chi connectivity index (χ1) is 10.6. The molecule has 0 saturated carbocycles. The Morgan fingerprint density at radius 3 is 2.68 bits per heavy atom. The lowest BCUT2D eigenvalue weighted by Crippen LogP contribution is -2.48. The van der Waals surface area contributed by atoms with Crippen molar-refractivity contribution in [2.24, 2.45) is 5.73 Å². The fraction of sp³-hybridized carbons (Fsp3) is 0.467. The molecule has 1 aromatic carbocycles. The minimum atomic E-state index is -1.23. The second kappa shape index (κ2) is 8.05. The largest absolute Gasteiger partial charge is 0.368 e. The molecule has 1 saturated heterocycles. The lowest BCUT2D eigenvalue weighted by atomic mass is 10.2. The fourth-order valence-electron chi connectivity index (χ4n) is 2.25. The first kappa shape index (κ1) is 16.6. The molecule has 0 unspecified atom stereocenters. The van der Waals surface area contributed by atoms with Gasteiger partial charge in [0.15, 0.2) is 0 Å². The number of rotatable bonds is 7. The average Bonchev–Trinajstić information content (AvgIpc) is 3.06. The molecule has 0 radical (unpaired) electrons. The average molecular weight is 324 g/mol. The van der Waals surface area contributed by atoms with E-state index in [-0.39, 0.29) is 18.1 Å². The van der Waals surface area contributed by atoms with Crippen LogP contribution in [0.2, 0.25) is 0 Å². The SMILES string of the molecule is NC(=O)[C@@H](CC[S@](=O)c1ccccc1)NC(=O)[C@H]1CCCO1. The number of carbonyl (C=O) groups is 2. The Labute approximate surface area is 131 Å². The van der Waals surface area contributed by atoms with Gasteiger partial charge >= 0.3 is 0 Å². The molecule has 2 rings (SSSR count). The third-order valence-corrected chi connectivity index (χ3v) is 4.88. The van der Waals surface area contributed by atoms with Crippen LogP contribution in [-0.4, -0.2) is 40.5 Å². The van der Waals surface area contributed by atoms with Crippen molar-refractivity contribution in [1.29, 1.82) is 0 Å². The Morgan fingerprint density at radius 2 is 2.09 bits per heavy atom. The summed E-state index contributed by atoms with van der Waals surface area (Å²) in [5, 5.41) is 2.59. The zero-order chi connectivity index (χ0) is 15.9. The van der Waals surface area contributed by atoms with Gasteiger partial charge in [-0.3, -0.25) is 13.8 Å². The van der Waals surface area contributed by atoms with E-state index in [4.69, 9.17) is 10.5 Å². The summed E-state index contributed by atoms with van der Waals surface area (Å²) in [5.74, 6) is -0.702. The standard InChI is InChI=1S/C15H20N2O4S/c16-14(18)12(17-15(19)13-7-4-9-21-13)8-10-22(20)11-5-2-1-3-6-11/h1-3,5-6,12-13H,4,7-10H2,(H2,16,18)(H,17,19)/t12-,13-,22+/m1/s1. The van der Waals surface area contributed by atoms with Gasteiger partial charge in [-0.15, -0.1) is 0 Å². The summed E-state index contributed by atoms with van der Waals surface area (Å²) in [6, 6.07) is 8.15. The molecule has 1 aliphatic rings. The summed E-state index contributed by atoms with van der Waals surface area (Å²) in [6.07, 6.45) is 1.20. The Morgan fingerprint density at radius 1 is 1.36 bits per heavy atom. The molecule has 1 aliphatic heterocycles. The molecule has 7 heteroatoms. The summed E-state index contributed by atoms with van der Waals surface area (Å²) in [4.78, 5) is 24.1.